The molecule has 100 valence electrons. The van der Waals surface area contributed by atoms with E-state index in [-0.39, 0.29) is 36.2 Å². The van der Waals surface area contributed by atoms with Crippen molar-refractivity contribution in [3.8, 4) is 0 Å². The minimum absolute atomic E-state index is 0.0374. The van der Waals surface area contributed by atoms with Crippen LogP contribution in [0.3, 0.4) is 0 Å². The molecule has 0 fully saturated rings. The number of rotatable bonds is 7. The molecule has 0 spiro atoms. The second-order valence-electron chi connectivity index (χ2n) is 4.66. The highest BCUT2D eigenvalue weighted by Gasteiger charge is 2.17. The fraction of sp³-hybridized carbons (Fsp3) is 0.818. The van der Waals surface area contributed by atoms with Crippen LogP contribution < -0.4 is 4.72 Å². The van der Waals surface area contributed by atoms with Crippen LogP contribution in [-0.4, -0.2) is 25.9 Å². The van der Waals surface area contributed by atoms with Gasteiger partial charge in [0.2, 0.25) is 15.9 Å². The SMILES string of the molecule is CC(C)C(=O)CCCS(=O)(=O)NC(=O)C(C)C. The molecule has 0 aromatic heterocycles. The van der Waals surface area contributed by atoms with E-state index in [1.807, 2.05) is 4.72 Å². The van der Waals surface area contributed by atoms with Crippen LogP contribution in [-0.2, 0) is 19.6 Å². The minimum atomic E-state index is -3.60. The molecule has 0 aliphatic rings. The predicted molar refractivity (Wildman–Crippen MR) is 65.8 cm³/mol. The zero-order valence-electron chi connectivity index (χ0n) is 10.8. The van der Waals surface area contributed by atoms with Crippen LogP contribution in [0.25, 0.3) is 0 Å². The van der Waals surface area contributed by atoms with Crippen LogP contribution in [0.1, 0.15) is 40.5 Å². The lowest BCUT2D eigenvalue weighted by atomic mass is 10.1. The van der Waals surface area contributed by atoms with E-state index in [1.54, 1.807) is 27.7 Å². The molecule has 0 rings (SSSR count). The molecule has 0 saturated carbocycles. The number of amides is 1. The molecule has 0 bridgehead atoms. The Morgan fingerprint density at radius 3 is 2.00 bits per heavy atom. The molecule has 0 aromatic carbocycles. The third-order valence-electron chi connectivity index (χ3n) is 2.26. The molecule has 0 atom stereocenters. The lowest BCUT2D eigenvalue weighted by molar-refractivity contribution is -0.122. The normalized spacial score (nSPS) is 11.9. The summed E-state index contributed by atoms with van der Waals surface area (Å²) in [5.74, 6) is -1.12. The number of Topliss-reactive ketones (excluding diaryl/α,β-unsaturated/α-hetero) is 1. The van der Waals surface area contributed by atoms with Crippen molar-refractivity contribution in [2.45, 2.75) is 40.5 Å². The number of carbonyl (C=O) groups is 2. The average molecular weight is 263 g/mol. The van der Waals surface area contributed by atoms with E-state index in [0.29, 0.717) is 0 Å². The summed E-state index contributed by atoms with van der Waals surface area (Å²) in [5.41, 5.74) is 0. The van der Waals surface area contributed by atoms with Gasteiger partial charge in [0.05, 0.1) is 5.75 Å². The van der Waals surface area contributed by atoms with E-state index in [2.05, 4.69) is 0 Å². The average Bonchev–Trinajstić information content (AvgIpc) is 2.15. The highest BCUT2D eigenvalue weighted by molar-refractivity contribution is 7.90. The van der Waals surface area contributed by atoms with Gasteiger partial charge in [0.25, 0.3) is 0 Å². The Morgan fingerprint density at radius 1 is 1.06 bits per heavy atom. The molecule has 17 heavy (non-hydrogen) atoms. The Labute approximate surface area is 103 Å². The van der Waals surface area contributed by atoms with Crippen molar-refractivity contribution >= 4 is 21.7 Å². The summed E-state index contributed by atoms with van der Waals surface area (Å²) in [5, 5.41) is 0. The molecule has 0 radical (unpaired) electrons. The fourth-order valence-corrected chi connectivity index (χ4v) is 2.22. The molecule has 0 aromatic rings. The van der Waals surface area contributed by atoms with Crippen LogP contribution >= 0.6 is 0 Å². The van der Waals surface area contributed by atoms with E-state index >= 15 is 0 Å². The van der Waals surface area contributed by atoms with Crippen molar-refractivity contribution in [2.75, 3.05) is 5.75 Å². The second-order valence-corrected chi connectivity index (χ2v) is 6.51. The molecule has 5 nitrogen and oxygen atoms in total. The number of carbonyl (C=O) groups excluding carboxylic acids is 2. The maximum atomic E-state index is 11.5. The largest absolute Gasteiger partial charge is 0.299 e. The fourth-order valence-electron chi connectivity index (χ4n) is 1.05. The highest BCUT2D eigenvalue weighted by atomic mass is 32.2. The first-order valence-electron chi connectivity index (χ1n) is 5.72. The Morgan fingerprint density at radius 2 is 1.59 bits per heavy atom. The summed E-state index contributed by atoms with van der Waals surface area (Å²) >= 11 is 0. The molecule has 0 heterocycles. The topological polar surface area (TPSA) is 80.3 Å². The van der Waals surface area contributed by atoms with Crippen LogP contribution in [0.2, 0.25) is 0 Å². The van der Waals surface area contributed by atoms with Crippen LogP contribution in [0.4, 0.5) is 0 Å². The number of ketones is 1. The molecule has 1 amide bonds. The highest BCUT2D eigenvalue weighted by Crippen LogP contribution is 2.04. The molecular formula is C11H21NO4S. The van der Waals surface area contributed by atoms with Crippen molar-refractivity contribution in [2.24, 2.45) is 11.8 Å². The lowest BCUT2D eigenvalue weighted by Gasteiger charge is -2.09. The number of sulfonamides is 1. The molecule has 0 unspecified atom stereocenters. The number of nitrogens with one attached hydrogen (secondary N) is 1. The third kappa shape index (κ3) is 7.10. The number of hydrogen-bond acceptors (Lipinski definition) is 4. The van der Waals surface area contributed by atoms with Gasteiger partial charge in [-0.05, 0) is 6.42 Å². The first kappa shape index (κ1) is 16.1. The maximum Gasteiger partial charge on any atom is 0.235 e. The van der Waals surface area contributed by atoms with Crippen LogP contribution in [0.15, 0.2) is 0 Å². The first-order chi connectivity index (χ1) is 7.65. The van der Waals surface area contributed by atoms with Gasteiger partial charge in [0.1, 0.15) is 5.78 Å². The zero-order valence-corrected chi connectivity index (χ0v) is 11.6. The summed E-state index contributed by atoms with van der Waals surface area (Å²) in [6.07, 6.45) is 0.478. The van der Waals surface area contributed by atoms with E-state index in [4.69, 9.17) is 0 Å². The summed E-state index contributed by atoms with van der Waals surface area (Å²) in [4.78, 5) is 22.5. The van der Waals surface area contributed by atoms with Gasteiger partial charge in [-0.2, -0.15) is 0 Å². The molecule has 6 heteroatoms. The van der Waals surface area contributed by atoms with Crippen molar-refractivity contribution in [1.29, 1.82) is 0 Å². The summed E-state index contributed by atoms with van der Waals surface area (Å²) in [7, 11) is -3.60. The van der Waals surface area contributed by atoms with Gasteiger partial charge in [-0.25, -0.2) is 8.42 Å². The summed E-state index contributed by atoms with van der Waals surface area (Å²) in [6.45, 7) is 6.79. The first-order valence-corrected chi connectivity index (χ1v) is 7.38. The van der Waals surface area contributed by atoms with Gasteiger partial charge in [-0.1, -0.05) is 27.7 Å². The molecule has 0 aliphatic heterocycles. The minimum Gasteiger partial charge on any atom is -0.299 e. The van der Waals surface area contributed by atoms with Crippen molar-refractivity contribution in [3.05, 3.63) is 0 Å². The summed E-state index contributed by atoms with van der Waals surface area (Å²) < 4.78 is 24.9. The van der Waals surface area contributed by atoms with Crippen molar-refractivity contribution in [1.82, 2.24) is 4.72 Å². The standard InChI is InChI=1S/C11H21NO4S/c1-8(2)10(13)6-5-7-17(15,16)12-11(14)9(3)4/h8-9H,5-7H2,1-4H3,(H,12,14). The molecule has 0 saturated heterocycles. The third-order valence-corrected chi connectivity index (χ3v) is 3.60. The molecular weight excluding hydrogens is 242 g/mol. The Bertz CT molecular complexity index is 371. The van der Waals surface area contributed by atoms with Gasteiger partial charge < -0.3 is 0 Å². The van der Waals surface area contributed by atoms with Crippen LogP contribution in [0, 0.1) is 11.8 Å². The van der Waals surface area contributed by atoms with E-state index in [0.717, 1.165) is 0 Å². The lowest BCUT2D eigenvalue weighted by Crippen LogP contribution is -2.35. The second kappa shape index (κ2) is 6.74. The smallest absolute Gasteiger partial charge is 0.235 e. The molecule has 1 N–H and O–H groups in total. The van der Waals surface area contributed by atoms with Gasteiger partial charge in [-0.15, -0.1) is 0 Å². The van der Waals surface area contributed by atoms with Crippen LogP contribution in [0.5, 0.6) is 0 Å². The van der Waals surface area contributed by atoms with Gasteiger partial charge in [0, 0.05) is 18.3 Å². The van der Waals surface area contributed by atoms with Gasteiger partial charge in [0.15, 0.2) is 0 Å². The Balaban J connectivity index is 4.12. The number of hydrogen-bond donors (Lipinski definition) is 1. The van der Waals surface area contributed by atoms with E-state index in [9.17, 15) is 18.0 Å². The Hall–Kier alpha value is -0.910. The monoisotopic (exact) mass is 263 g/mol. The van der Waals surface area contributed by atoms with Crippen molar-refractivity contribution < 1.29 is 18.0 Å². The van der Waals surface area contributed by atoms with Crippen molar-refractivity contribution in [3.63, 3.8) is 0 Å². The van der Waals surface area contributed by atoms with Gasteiger partial charge >= 0.3 is 0 Å². The van der Waals surface area contributed by atoms with E-state index in [1.165, 1.54) is 0 Å². The van der Waals surface area contributed by atoms with E-state index < -0.39 is 15.9 Å². The molecule has 0 aliphatic carbocycles. The zero-order chi connectivity index (χ0) is 13.6. The predicted octanol–water partition coefficient (Wildman–Crippen LogP) is 1.09. The summed E-state index contributed by atoms with van der Waals surface area (Å²) in [6, 6.07) is 0. The Kier molecular flexibility index (Phi) is 6.37. The quantitative estimate of drug-likeness (QED) is 0.745. The van der Waals surface area contributed by atoms with Gasteiger partial charge in [-0.3, -0.25) is 14.3 Å². The maximum absolute atomic E-state index is 11.5.